The second kappa shape index (κ2) is 10.2. The molecule has 0 bridgehead atoms. The van der Waals surface area contributed by atoms with Crippen molar-refractivity contribution < 1.29 is 18.7 Å². The van der Waals surface area contributed by atoms with E-state index >= 15 is 0 Å². The molecule has 2 aromatic rings. The number of amides is 1. The van der Waals surface area contributed by atoms with Gasteiger partial charge in [0.15, 0.2) is 0 Å². The van der Waals surface area contributed by atoms with Gasteiger partial charge in [0.2, 0.25) is 0 Å². The first kappa shape index (κ1) is 21.7. The number of rotatable bonds is 6. The molecule has 166 valence electrons. The number of benzene rings is 2. The van der Waals surface area contributed by atoms with E-state index in [1.165, 1.54) is 6.07 Å². The average molecular weight is 428 g/mol. The van der Waals surface area contributed by atoms with E-state index in [9.17, 15) is 9.18 Å². The van der Waals surface area contributed by atoms with Crippen LogP contribution in [0.2, 0.25) is 0 Å². The van der Waals surface area contributed by atoms with Gasteiger partial charge in [0.1, 0.15) is 11.6 Å². The molecule has 2 heterocycles. The molecule has 0 saturated carbocycles. The summed E-state index contributed by atoms with van der Waals surface area (Å²) in [5.41, 5.74) is 1.65. The van der Waals surface area contributed by atoms with Gasteiger partial charge in [0, 0.05) is 57.9 Å². The number of ether oxygens (including phenoxy) is 2. The summed E-state index contributed by atoms with van der Waals surface area (Å²) >= 11 is 0. The van der Waals surface area contributed by atoms with Gasteiger partial charge in [-0.05, 0) is 35.9 Å². The fraction of sp³-hybridized carbons (Fsp3) is 0.458. The predicted molar refractivity (Wildman–Crippen MR) is 117 cm³/mol. The zero-order valence-electron chi connectivity index (χ0n) is 18.0. The molecule has 6 nitrogen and oxygen atoms in total. The number of carbonyl (C=O) groups is 1. The molecule has 7 heteroatoms. The molecule has 2 aliphatic heterocycles. The summed E-state index contributed by atoms with van der Waals surface area (Å²) in [7, 11) is 1.61. The lowest BCUT2D eigenvalue weighted by molar-refractivity contribution is -0.0497. The van der Waals surface area contributed by atoms with E-state index in [1.54, 1.807) is 25.3 Å². The van der Waals surface area contributed by atoms with Gasteiger partial charge in [-0.25, -0.2) is 4.39 Å². The normalized spacial score (nSPS) is 20.6. The molecule has 2 aliphatic rings. The fourth-order valence-electron chi connectivity index (χ4n) is 4.29. The highest BCUT2D eigenvalue weighted by Crippen LogP contribution is 2.17. The van der Waals surface area contributed by atoms with Crippen LogP contribution >= 0.6 is 0 Å². The van der Waals surface area contributed by atoms with Crippen LogP contribution in [0.15, 0.2) is 48.5 Å². The van der Waals surface area contributed by atoms with Crippen molar-refractivity contribution in [3.8, 4) is 5.75 Å². The molecule has 31 heavy (non-hydrogen) atoms. The summed E-state index contributed by atoms with van der Waals surface area (Å²) in [6, 6.07) is 14.1. The first-order valence-electron chi connectivity index (χ1n) is 10.8. The van der Waals surface area contributed by atoms with Gasteiger partial charge in [0.05, 0.1) is 19.8 Å². The van der Waals surface area contributed by atoms with Crippen molar-refractivity contribution in [3.05, 3.63) is 65.5 Å². The van der Waals surface area contributed by atoms with Crippen LogP contribution in [0.3, 0.4) is 0 Å². The van der Waals surface area contributed by atoms with Crippen molar-refractivity contribution in [1.82, 2.24) is 14.7 Å². The van der Waals surface area contributed by atoms with Crippen molar-refractivity contribution in [3.63, 3.8) is 0 Å². The lowest BCUT2D eigenvalue weighted by Crippen LogP contribution is -2.53. The highest BCUT2D eigenvalue weighted by molar-refractivity contribution is 5.94. The number of morpholine rings is 1. The number of methoxy groups -OCH3 is 1. The van der Waals surface area contributed by atoms with Crippen LogP contribution in [0, 0.1) is 5.82 Å². The Morgan fingerprint density at radius 3 is 2.65 bits per heavy atom. The number of carbonyl (C=O) groups excluding carboxylic acids is 1. The summed E-state index contributed by atoms with van der Waals surface area (Å²) in [4.78, 5) is 19.4. The minimum atomic E-state index is -0.191. The van der Waals surface area contributed by atoms with Crippen molar-refractivity contribution in [1.29, 1.82) is 0 Å². The first-order chi connectivity index (χ1) is 15.1. The SMILES string of the molecule is COc1cccc(C(=O)N2CCN(CC3CN(Cc4cccc(F)c4)CCO3)CC2)c1. The van der Waals surface area contributed by atoms with Crippen molar-refractivity contribution >= 4 is 5.91 Å². The second-order valence-corrected chi connectivity index (χ2v) is 8.18. The zero-order valence-corrected chi connectivity index (χ0v) is 18.0. The van der Waals surface area contributed by atoms with Crippen LogP contribution in [-0.4, -0.2) is 86.2 Å². The molecular weight excluding hydrogens is 397 g/mol. The van der Waals surface area contributed by atoms with Gasteiger partial charge >= 0.3 is 0 Å². The van der Waals surface area contributed by atoms with E-state index in [0.29, 0.717) is 31.0 Å². The molecule has 1 unspecified atom stereocenters. The molecule has 0 aromatic heterocycles. The lowest BCUT2D eigenvalue weighted by Gasteiger charge is -2.39. The Morgan fingerprint density at radius 2 is 1.87 bits per heavy atom. The Balaban J connectivity index is 1.25. The van der Waals surface area contributed by atoms with Crippen LogP contribution in [-0.2, 0) is 11.3 Å². The topological polar surface area (TPSA) is 45.2 Å². The average Bonchev–Trinajstić information content (AvgIpc) is 2.79. The third kappa shape index (κ3) is 5.81. The quantitative estimate of drug-likeness (QED) is 0.709. The Bertz CT molecular complexity index is 886. The molecule has 4 rings (SSSR count). The summed E-state index contributed by atoms with van der Waals surface area (Å²) in [5.74, 6) is 0.555. The Labute approximate surface area is 183 Å². The third-order valence-electron chi connectivity index (χ3n) is 5.96. The molecule has 0 spiro atoms. The maximum absolute atomic E-state index is 13.5. The van der Waals surface area contributed by atoms with Gasteiger partial charge in [-0.15, -0.1) is 0 Å². The van der Waals surface area contributed by atoms with Gasteiger partial charge < -0.3 is 14.4 Å². The summed E-state index contributed by atoms with van der Waals surface area (Å²) in [6.07, 6.45) is 0.128. The molecule has 1 atom stereocenters. The third-order valence-corrected chi connectivity index (χ3v) is 5.96. The highest BCUT2D eigenvalue weighted by Gasteiger charge is 2.27. The van der Waals surface area contributed by atoms with Gasteiger partial charge in [-0.3, -0.25) is 14.6 Å². The maximum Gasteiger partial charge on any atom is 0.254 e. The van der Waals surface area contributed by atoms with Crippen LogP contribution < -0.4 is 4.74 Å². The first-order valence-corrected chi connectivity index (χ1v) is 10.8. The van der Waals surface area contributed by atoms with E-state index in [2.05, 4.69) is 9.80 Å². The number of hydrogen-bond acceptors (Lipinski definition) is 5. The van der Waals surface area contributed by atoms with Crippen LogP contribution in [0.5, 0.6) is 5.75 Å². The van der Waals surface area contributed by atoms with Gasteiger partial charge in [-0.2, -0.15) is 0 Å². The Kier molecular flexibility index (Phi) is 7.17. The van der Waals surface area contributed by atoms with Crippen molar-refractivity contribution in [2.24, 2.45) is 0 Å². The monoisotopic (exact) mass is 427 g/mol. The Morgan fingerprint density at radius 1 is 1.06 bits per heavy atom. The van der Waals surface area contributed by atoms with Crippen molar-refractivity contribution in [2.45, 2.75) is 12.6 Å². The molecule has 0 aliphatic carbocycles. The van der Waals surface area contributed by atoms with Gasteiger partial charge in [-0.1, -0.05) is 18.2 Å². The van der Waals surface area contributed by atoms with E-state index in [-0.39, 0.29) is 17.8 Å². The van der Waals surface area contributed by atoms with Crippen LogP contribution in [0.4, 0.5) is 4.39 Å². The van der Waals surface area contributed by atoms with Crippen LogP contribution in [0.25, 0.3) is 0 Å². The van der Waals surface area contributed by atoms with E-state index < -0.39 is 0 Å². The molecular formula is C24H30FN3O3. The van der Waals surface area contributed by atoms with E-state index in [0.717, 1.165) is 44.8 Å². The second-order valence-electron chi connectivity index (χ2n) is 8.18. The number of hydrogen-bond donors (Lipinski definition) is 0. The largest absolute Gasteiger partial charge is 0.497 e. The molecule has 2 fully saturated rings. The number of halogens is 1. The van der Waals surface area contributed by atoms with Crippen LogP contribution in [0.1, 0.15) is 15.9 Å². The standard InChI is InChI=1S/C24H30FN3O3/c1-30-22-7-3-5-20(15-22)24(29)28-10-8-26(9-11-28)17-23-18-27(12-13-31-23)16-19-4-2-6-21(25)14-19/h2-7,14-15,23H,8-13,16-18H2,1H3. The Hall–Kier alpha value is -2.48. The summed E-state index contributed by atoms with van der Waals surface area (Å²) in [5, 5.41) is 0. The highest BCUT2D eigenvalue weighted by atomic mass is 19.1. The lowest BCUT2D eigenvalue weighted by atomic mass is 10.1. The van der Waals surface area contributed by atoms with Gasteiger partial charge in [0.25, 0.3) is 5.91 Å². The smallest absolute Gasteiger partial charge is 0.254 e. The number of piperazine rings is 1. The van der Waals surface area contributed by atoms with E-state index in [4.69, 9.17) is 9.47 Å². The predicted octanol–water partition coefficient (Wildman–Crippen LogP) is 2.49. The summed E-state index contributed by atoms with van der Waals surface area (Å²) < 4.78 is 24.7. The minimum Gasteiger partial charge on any atom is -0.497 e. The molecule has 0 radical (unpaired) electrons. The molecule has 2 saturated heterocycles. The molecule has 1 amide bonds. The maximum atomic E-state index is 13.5. The number of nitrogens with zero attached hydrogens (tertiary/aromatic N) is 3. The van der Waals surface area contributed by atoms with Crippen molar-refractivity contribution in [2.75, 3.05) is 59.5 Å². The molecule has 2 aromatic carbocycles. The zero-order chi connectivity index (χ0) is 21.6. The fourth-order valence-corrected chi connectivity index (χ4v) is 4.29. The minimum absolute atomic E-state index is 0.0498. The van der Waals surface area contributed by atoms with E-state index in [1.807, 2.05) is 29.2 Å². The summed E-state index contributed by atoms with van der Waals surface area (Å²) in [6.45, 7) is 7.04. The molecule has 0 N–H and O–H groups in total.